The van der Waals surface area contributed by atoms with Crippen LogP contribution in [0.1, 0.15) is 207 Å². The second-order valence-corrected chi connectivity index (χ2v) is 33.0. The van der Waals surface area contributed by atoms with Gasteiger partial charge in [0.15, 0.2) is 0 Å². The summed E-state index contributed by atoms with van der Waals surface area (Å²) in [6.45, 7) is 7.39. The Morgan fingerprint density at radius 1 is 0.581 bits per heavy atom. The van der Waals surface area contributed by atoms with Crippen molar-refractivity contribution < 1.29 is 62.3 Å². The van der Waals surface area contributed by atoms with Gasteiger partial charge in [-0.15, -0.1) is 23.2 Å². The third kappa shape index (κ3) is 20.9. The summed E-state index contributed by atoms with van der Waals surface area (Å²) in [5.74, 6) is -7.45. The van der Waals surface area contributed by atoms with Gasteiger partial charge >= 0.3 is 0 Å². The molecule has 3 saturated carbocycles. The summed E-state index contributed by atoms with van der Waals surface area (Å²) >= 11 is 13.4. The Kier molecular flexibility index (Phi) is 31.4. The molecule has 6 fully saturated rings. The third-order valence-electron chi connectivity index (χ3n) is 24.9. The molecule has 105 heavy (non-hydrogen) atoms. The lowest BCUT2D eigenvalue weighted by Gasteiger charge is -2.47. The predicted octanol–water partition coefficient (Wildman–Crippen LogP) is 6.79. The van der Waals surface area contributed by atoms with Crippen LogP contribution in [0.3, 0.4) is 0 Å². The Morgan fingerprint density at radius 3 is 1.90 bits per heavy atom. The van der Waals surface area contributed by atoms with Crippen LogP contribution in [0.25, 0.3) is 0 Å². The van der Waals surface area contributed by atoms with E-state index >= 15 is 43.2 Å². The van der Waals surface area contributed by atoms with Crippen LogP contribution in [0.5, 0.6) is 0 Å². The standard InChI is InChI=1S/C78H124Cl2N12O13/c1-12-50(4)67-75(102)85(6)49-66(95)87(8)60-29-22-18-25-42-91(74(60)101)63-44-53-32-30-51(31-33-53)27-20-16-15-17-21-28-59(69(96)82-67)86(7)65(94)46-62(73(100)90-40-23-19-24-41-90)88(9)76(103)68(54(13-2)14-3)89(10)77(104)78(38-26-39-78)83-70(97)61-45-55(105-11)47-92(61)71(98)58(81-64(93)48-84(5)72(63)99)37-35-52-34-36-56(79)57(80)43-52/h18,20,22,27,50-63,67-68H,12-17,19,21,23-26,28-49H2,1-11H3,(H,81,93)(H,82,96)(H,83,97)/b22-18-,27-20+/t50-,51?,52?,53?,55+,56?,57?,58-,59-,60-,61-,62-,63-,67-,68-/m0/s1. The Labute approximate surface area is 634 Å². The zero-order valence-electron chi connectivity index (χ0n) is 64.7. The molecule has 0 aromatic carbocycles. The van der Waals surface area contributed by atoms with Crippen molar-refractivity contribution in [2.45, 2.75) is 278 Å². The highest BCUT2D eigenvalue weighted by atomic mass is 35.5. The zero-order chi connectivity index (χ0) is 76.6. The number of ether oxygens (including phenoxy) is 1. The second-order valence-electron chi connectivity index (χ2n) is 31.9. The molecular weight excluding hydrogens is 1380 g/mol. The number of likely N-dealkylation sites (N-methyl/N-ethyl adjacent to an activating group) is 6. The van der Waals surface area contributed by atoms with E-state index in [2.05, 4.69) is 28.1 Å². The maximum absolute atomic E-state index is 15.8. The largest absolute Gasteiger partial charge is 0.380 e. The van der Waals surface area contributed by atoms with Gasteiger partial charge in [0.2, 0.25) is 70.9 Å². The predicted molar refractivity (Wildman–Crippen MR) is 402 cm³/mol. The number of carbonyl (C=O) groups is 12. The first kappa shape index (κ1) is 84.3. The van der Waals surface area contributed by atoms with Gasteiger partial charge in [0, 0.05) is 87.4 Å². The van der Waals surface area contributed by atoms with Gasteiger partial charge in [-0.05, 0) is 164 Å². The monoisotopic (exact) mass is 1510 g/mol. The topological polar surface area (TPSA) is 279 Å². The van der Waals surface area contributed by atoms with Crippen LogP contribution in [0.2, 0.25) is 0 Å². The molecule has 1 spiro atoms. The number of rotatable bonds is 10. The summed E-state index contributed by atoms with van der Waals surface area (Å²) in [6.07, 6.45) is 21.1. The molecule has 588 valence electrons. The highest BCUT2D eigenvalue weighted by molar-refractivity contribution is 6.30. The minimum Gasteiger partial charge on any atom is -0.380 e. The molecule has 25 nitrogen and oxygen atoms in total. The summed E-state index contributed by atoms with van der Waals surface area (Å²) in [4.78, 5) is 197. The summed E-state index contributed by atoms with van der Waals surface area (Å²) in [5.41, 5.74) is -1.52. The molecule has 9 rings (SSSR count). The fourth-order valence-corrected chi connectivity index (χ4v) is 18.0. The Balaban J connectivity index is 1.24. The first-order valence-electron chi connectivity index (χ1n) is 39.6. The number of fused-ring (bicyclic) bond motifs is 8. The van der Waals surface area contributed by atoms with E-state index in [4.69, 9.17) is 27.9 Å². The third-order valence-corrected chi connectivity index (χ3v) is 26.0. The van der Waals surface area contributed by atoms with E-state index in [1.54, 1.807) is 9.80 Å². The first-order valence-corrected chi connectivity index (χ1v) is 40.4. The van der Waals surface area contributed by atoms with Crippen LogP contribution in [0, 0.1) is 29.6 Å². The fraction of sp³-hybridized carbons (Fsp3) is 0.795. The van der Waals surface area contributed by atoms with Gasteiger partial charge in [-0.25, -0.2) is 0 Å². The number of likely N-dealkylation sites (tertiary alicyclic amines) is 1. The van der Waals surface area contributed by atoms with Crippen molar-refractivity contribution in [3.8, 4) is 0 Å². The van der Waals surface area contributed by atoms with Crippen molar-refractivity contribution >= 4 is 94.1 Å². The van der Waals surface area contributed by atoms with Crippen molar-refractivity contribution in [1.82, 2.24) is 60.0 Å². The van der Waals surface area contributed by atoms with Gasteiger partial charge in [-0.3, -0.25) is 57.5 Å². The number of alkyl halides is 2. The molecule has 3 aliphatic carbocycles. The summed E-state index contributed by atoms with van der Waals surface area (Å²) in [5, 5.41) is 8.57. The number of amides is 12. The minimum absolute atomic E-state index is 0.00518. The van der Waals surface area contributed by atoms with E-state index in [9.17, 15) is 14.4 Å². The van der Waals surface area contributed by atoms with Crippen molar-refractivity contribution in [2.24, 2.45) is 29.6 Å². The van der Waals surface area contributed by atoms with Crippen LogP contribution in [0.15, 0.2) is 24.3 Å². The van der Waals surface area contributed by atoms with Crippen LogP contribution < -0.4 is 16.0 Å². The molecule has 3 unspecified atom stereocenters. The van der Waals surface area contributed by atoms with Gasteiger partial charge < -0.3 is 64.8 Å². The number of hydrogen-bond donors (Lipinski definition) is 3. The minimum atomic E-state index is -1.52. The number of halogens is 2. The quantitative estimate of drug-likeness (QED) is 0.150. The number of hydrogen-bond acceptors (Lipinski definition) is 13. The average Bonchev–Trinajstić information content (AvgIpc) is 1.63. The Morgan fingerprint density at radius 2 is 1.26 bits per heavy atom. The number of nitrogens with one attached hydrogen (secondary N) is 3. The Bertz CT molecular complexity index is 3120. The number of allylic oxidation sites excluding steroid dienone is 2. The van der Waals surface area contributed by atoms with Crippen LogP contribution >= 0.6 is 23.2 Å². The number of nitrogens with zero attached hydrogens (tertiary/aromatic N) is 9. The van der Waals surface area contributed by atoms with Crippen LogP contribution in [-0.2, 0) is 62.3 Å². The van der Waals surface area contributed by atoms with Gasteiger partial charge in [0.25, 0.3) is 0 Å². The number of carbonyl (C=O) groups excluding carboxylic acids is 12. The summed E-state index contributed by atoms with van der Waals surface area (Å²) < 4.78 is 5.88. The Hall–Kier alpha value is -6.34. The van der Waals surface area contributed by atoms with Gasteiger partial charge in [-0.1, -0.05) is 84.1 Å². The normalized spacial score (nSPS) is 32.7. The molecule has 3 N–H and O–H groups in total. The zero-order valence-corrected chi connectivity index (χ0v) is 66.2. The van der Waals surface area contributed by atoms with E-state index in [0.29, 0.717) is 90.1 Å². The maximum atomic E-state index is 15.8. The van der Waals surface area contributed by atoms with Crippen LogP contribution in [-0.4, -0.2) is 274 Å². The van der Waals surface area contributed by atoms with E-state index in [1.165, 1.54) is 83.7 Å². The highest BCUT2D eigenvalue weighted by Gasteiger charge is 2.54. The second kappa shape index (κ2) is 39.2. The molecule has 27 heteroatoms. The fourth-order valence-electron chi connectivity index (χ4n) is 17.4. The smallest absolute Gasteiger partial charge is 0.248 e. The molecule has 0 aromatic rings. The lowest BCUT2D eigenvalue weighted by molar-refractivity contribution is -0.158. The van der Waals surface area contributed by atoms with Gasteiger partial charge in [0.1, 0.15) is 53.9 Å². The van der Waals surface area contributed by atoms with Crippen LogP contribution in [0.4, 0.5) is 0 Å². The molecule has 6 aliphatic heterocycles. The molecule has 9 aliphatic rings. The first-order chi connectivity index (χ1) is 50.1. The molecule has 6 heterocycles. The van der Waals surface area contributed by atoms with Crippen molar-refractivity contribution in [1.29, 1.82) is 0 Å². The maximum Gasteiger partial charge on any atom is 0.248 e. The van der Waals surface area contributed by atoms with Gasteiger partial charge in [0.05, 0.1) is 31.0 Å². The van der Waals surface area contributed by atoms with E-state index < -0.39 is 162 Å². The van der Waals surface area contributed by atoms with E-state index in [1.807, 2.05) is 39.8 Å². The summed E-state index contributed by atoms with van der Waals surface area (Å²) in [7, 11) is 10.5. The molecular formula is C78H124Cl2N12O13. The van der Waals surface area contributed by atoms with Gasteiger partial charge in [-0.2, -0.15) is 0 Å². The highest BCUT2D eigenvalue weighted by Crippen LogP contribution is 2.39. The lowest BCUT2D eigenvalue weighted by atomic mass is 9.74. The van der Waals surface area contributed by atoms with E-state index in [0.717, 1.165) is 51.4 Å². The van der Waals surface area contributed by atoms with Crippen molar-refractivity contribution in [3.05, 3.63) is 24.3 Å². The average molecular weight is 1510 g/mol. The van der Waals surface area contributed by atoms with Crippen molar-refractivity contribution in [3.63, 3.8) is 0 Å². The molecule has 13 atom stereocenters. The SMILES string of the molecule is CCC(CC)[C@H]1C(=O)N(C)[C@H](C(=O)N2CCCCC2)CC(=O)N(C)[C@H]2CCCCC/C=C/C3CCC(CC3)C[C@@H](C(=O)N(C)CC(=O)N[C@@H](CCC3CCC(Cl)C(Cl)C3)C(=O)N3C[C@H](OC)C[C@H]3C(=O)NC3(CCC3)C(=O)N1C)N1CC/C=C\C[C@@H](C1=O)N(C)C(=O)CN(C)C(=O)[C@H]([C@@H](C)CC)NC2=O. The molecule has 12 amide bonds. The van der Waals surface area contributed by atoms with E-state index in [-0.39, 0.29) is 86.5 Å². The molecule has 0 aromatic heterocycles. The molecule has 3 saturated heterocycles. The summed E-state index contributed by atoms with van der Waals surface area (Å²) in [6, 6.07) is -9.50. The number of piperidine rings is 1. The number of methoxy groups -OCH3 is 1. The van der Waals surface area contributed by atoms with Crippen molar-refractivity contribution in [2.75, 3.05) is 88.7 Å². The lowest BCUT2D eigenvalue weighted by Crippen LogP contribution is -2.68. The molecule has 0 radical (unpaired) electrons. The molecule has 6 bridgehead atoms.